The second-order valence-electron chi connectivity index (χ2n) is 10.1. The van der Waals surface area contributed by atoms with E-state index < -0.39 is 0 Å². The third-order valence-corrected chi connectivity index (χ3v) is 7.87. The van der Waals surface area contributed by atoms with E-state index in [9.17, 15) is 9.59 Å². The van der Waals surface area contributed by atoms with Gasteiger partial charge in [0.05, 0.1) is 10.2 Å². The smallest absolute Gasteiger partial charge is 0.253 e. The maximum absolute atomic E-state index is 12.8. The summed E-state index contributed by atoms with van der Waals surface area (Å²) >= 11 is 1.56. The molecule has 0 spiro atoms. The van der Waals surface area contributed by atoms with Gasteiger partial charge in [0.25, 0.3) is 11.8 Å². The number of fused-ring (bicyclic) bond motifs is 1. The molecule has 0 unspecified atom stereocenters. The molecule has 3 aromatic rings. The fraction of sp³-hybridized carbons (Fsp3) is 0.464. The standard InChI is InChI=1S/C28H37N5O2S/c1-19(2)33(20(3)4)13-12-29-26(34)23-10-11-24-25(18-23)36-27(30-24)21-6-8-22(9-7-21)28(35)32-16-14-31(5)15-17-32/h6-11,18-20H,12-17H2,1-5H3,(H,29,34). The number of hydrogen-bond acceptors (Lipinski definition) is 6. The minimum atomic E-state index is -0.0638. The highest BCUT2D eigenvalue weighted by atomic mass is 32.1. The second-order valence-corrected chi connectivity index (χ2v) is 11.1. The number of piperazine rings is 1. The van der Waals surface area contributed by atoms with Gasteiger partial charge in [0.1, 0.15) is 5.01 Å². The Kier molecular flexibility index (Phi) is 8.39. The molecule has 0 saturated carbocycles. The molecule has 2 heterocycles. The summed E-state index contributed by atoms with van der Waals surface area (Å²) in [5.41, 5.74) is 3.19. The van der Waals surface area contributed by atoms with E-state index in [1.807, 2.05) is 47.4 Å². The summed E-state index contributed by atoms with van der Waals surface area (Å²) in [5.74, 6) is 0.0191. The molecule has 1 aromatic heterocycles. The highest BCUT2D eigenvalue weighted by Crippen LogP contribution is 2.31. The van der Waals surface area contributed by atoms with Crippen molar-refractivity contribution in [3.8, 4) is 10.6 Å². The third kappa shape index (κ3) is 6.11. The van der Waals surface area contributed by atoms with Crippen LogP contribution < -0.4 is 5.32 Å². The van der Waals surface area contributed by atoms with Gasteiger partial charge in [-0.1, -0.05) is 12.1 Å². The number of hydrogen-bond donors (Lipinski definition) is 1. The number of carbonyl (C=O) groups excluding carboxylic acids is 2. The maximum Gasteiger partial charge on any atom is 0.253 e. The Bertz CT molecular complexity index is 1190. The Labute approximate surface area is 218 Å². The van der Waals surface area contributed by atoms with Crippen molar-refractivity contribution >= 4 is 33.4 Å². The van der Waals surface area contributed by atoms with Crippen LogP contribution in [0.3, 0.4) is 0 Å². The lowest BCUT2D eigenvalue weighted by Gasteiger charge is -2.32. The Morgan fingerprint density at radius 2 is 1.61 bits per heavy atom. The first-order valence-corrected chi connectivity index (χ1v) is 13.6. The Balaban J connectivity index is 1.41. The normalized spacial score (nSPS) is 14.8. The van der Waals surface area contributed by atoms with E-state index in [1.54, 1.807) is 11.3 Å². The Hall–Kier alpha value is -2.81. The third-order valence-electron chi connectivity index (χ3n) is 6.80. The van der Waals surface area contributed by atoms with Crippen LogP contribution in [0.25, 0.3) is 20.8 Å². The van der Waals surface area contributed by atoms with Crippen molar-refractivity contribution < 1.29 is 9.59 Å². The van der Waals surface area contributed by atoms with Crippen LogP contribution in [-0.2, 0) is 0 Å². The van der Waals surface area contributed by atoms with Crippen molar-refractivity contribution in [1.82, 2.24) is 25.0 Å². The first-order valence-electron chi connectivity index (χ1n) is 12.8. The molecule has 0 aliphatic carbocycles. The van der Waals surface area contributed by atoms with Gasteiger partial charge in [-0.05, 0) is 65.1 Å². The predicted octanol–water partition coefficient (Wildman–Crippen LogP) is 4.20. The monoisotopic (exact) mass is 507 g/mol. The molecule has 1 saturated heterocycles. The maximum atomic E-state index is 12.8. The van der Waals surface area contributed by atoms with Crippen molar-refractivity contribution in [2.45, 2.75) is 39.8 Å². The summed E-state index contributed by atoms with van der Waals surface area (Å²) in [4.78, 5) is 36.9. The molecule has 1 aliphatic rings. The van der Waals surface area contributed by atoms with E-state index in [1.165, 1.54) is 0 Å². The molecule has 1 N–H and O–H groups in total. The van der Waals surface area contributed by atoms with Crippen LogP contribution in [-0.4, -0.2) is 89.9 Å². The molecule has 8 heteroatoms. The number of nitrogens with one attached hydrogen (secondary N) is 1. The van der Waals surface area contributed by atoms with Crippen molar-refractivity contribution in [2.75, 3.05) is 46.3 Å². The molecule has 2 aromatic carbocycles. The van der Waals surface area contributed by atoms with Crippen molar-refractivity contribution in [3.05, 3.63) is 53.6 Å². The topological polar surface area (TPSA) is 68.8 Å². The summed E-state index contributed by atoms with van der Waals surface area (Å²) in [5, 5.41) is 3.93. The molecule has 1 fully saturated rings. The fourth-order valence-corrected chi connectivity index (χ4v) is 5.66. The number of carbonyl (C=O) groups is 2. The number of thiazole rings is 1. The summed E-state index contributed by atoms with van der Waals surface area (Å²) in [6.07, 6.45) is 0. The van der Waals surface area contributed by atoms with Crippen LogP contribution in [0.2, 0.25) is 0 Å². The molecule has 192 valence electrons. The van der Waals surface area contributed by atoms with E-state index in [0.717, 1.165) is 53.5 Å². The molecule has 1 aliphatic heterocycles. The van der Waals surface area contributed by atoms with E-state index >= 15 is 0 Å². The van der Waals surface area contributed by atoms with E-state index in [2.05, 4.69) is 49.9 Å². The minimum Gasteiger partial charge on any atom is -0.351 e. The van der Waals surface area contributed by atoms with Gasteiger partial charge in [0, 0.05) is 68.0 Å². The van der Waals surface area contributed by atoms with Gasteiger partial charge >= 0.3 is 0 Å². The fourth-order valence-electron chi connectivity index (χ4n) is 4.65. The molecular formula is C28H37N5O2S. The number of nitrogens with zero attached hydrogens (tertiary/aromatic N) is 4. The lowest BCUT2D eigenvalue weighted by Crippen LogP contribution is -2.47. The highest BCUT2D eigenvalue weighted by molar-refractivity contribution is 7.21. The molecule has 0 radical (unpaired) electrons. The van der Waals surface area contributed by atoms with Crippen molar-refractivity contribution in [1.29, 1.82) is 0 Å². The van der Waals surface area contributed by atoms with Gasteiger partial charge in [0.15, 0.2) is 0 Å². The van der Waals surface area contributed by atoms with Crippen LogP contribution in [0, 0.1) is 0 Å². The van der Waals surface area contributed by atoms with Crippen LogP contribution in [0.4, 0.5) is 0 Å². The number of likely N-dealkylation sites (N-methyl/N-ethyl adjacent to an activating group) is 1. The molecule has 4 rings (SSSR count). The predicted molar refractivity (Wildman–Crippen MR) is 148 cm³/mol. The van der Waals surface area contributed by atoms with Crippen LogP contribution in [0.5, 0.6) is 0 Å². The van der Waals surface area contributed by atoms with Crippen LogP contribution >= 0.6 is 11.3 Å². The zero-order chi connectivity index (χ0) is 25.8. The largest absolute Gasteiger partial charge is 0.351 e. The average molecular weight is 508 g/mol. The van der Waals surface area contributed by atoms with Gasteiger partial charge < -0.3 is 15.1 Å². The summed E-state index contributed by atoms with van der Waals surface area (Å²) < 4.78 is 0.973. The first kappa shape index (κ1) is 26.3. The van der Waals surface area contributed by atoms with Crippen molar-refractivity contribution in [2.24, 2.45) is 0 Å². The van der Waals surface area contributed by atoms with Gasteiger partial charge in [-0.25, -0.2) is 4.98 Å². The SMILES string of the molecule is CC(C)N(CCNC(=O)c1ccc2nc(-c3ccc(C(=O)N4CCN(C)CC4)cc3)sc2c1)C(C)C. The summed E-state index contributed by atoms with van der Waals surface area (Å²) in [6.45, 7) is 13.5. The number of amides is 2. The molecule has 0 atom stereocenters. The molecule has 0 bridgehead atoms. The number of aromatic nitrogens is 1. The second kappa shape index (κ2) is 11.5. The number of rotatable bonds is 8. The van der Waals surface area contributed by atoms with Gasteiger partial charge in [-0.15, -0.1) is 11.3 Å². The quantitative estimate of drug-likeness (QED) is 0.495. The molecule has 7 nitrogen and oxygen atoms in total. The minimum absolute atomic E-state index is 0.0638. The van der Waals surface area contributed by atoms with Crippen molar-refractivity contribution in [3.63, 3.8) is 0 Å². The first-order chi connectivity index (χ1) is 17.2. The average Bonchev–Trinajstić information content (AvgIpc) is 3.29. The molecular weight excluding hydrogens is 470 g/mol. The van der Waals surface area contributed by atoms with E-state index in [4.69, 9.17) is 4.98 Å². The summed E-state index contributed by atoms with van der Waals surface area (Å²) in [6, 6.07) is 14.2. The molecule has 2 amide bonds. The van der Waals surface area contributed by atoms with Gasteiger partial charge in [-0.3, -0.25) is 14.5 Å². The van der Waals surface area contributed by atoms with Crippen LogP contribution in [0.15, 0.2) is 42.5 Å². The van der Waals surface area contributed by atoms with Gasteiger partial charge in [0.2, 0.25) is 0 Å². The number of benzene rings is 2. The lowest BCUT2D eigenvalue weighted by atomic mass is 10.1. The Morgan fingerprint density at radius 3 is 2.25 bits per heavy atom. The lowest BCUT2D eigenvalue weighted by molar-refractivity contribution is 0.0664. The van der Waals surface area contributed by atoms with Gasteiger partial charge in [-0.2, -0.15) is 0 Å². The highest BCUT2D eigenvalue weighted by Gasteiger charge is 2.20. The van der Waals surface area contributed by atoms with Crippen LogP contribution in [0.1, 0.15) is 48.4 Å². The zero-order valence-electron chi connectivity index (χ0n) is 22.0. The van der Waals surface area contributed by atoms with E-state index in [0.29, 0.717) is 29.8 Å². The summed E-state index contributed by atoms with van der Waals surface area (Å²) in [7, 11) is 2.08. The Morgan fingerprint density at radius 1 is 0.972 bits per heavy atom. The van der Waals surface area contributed by atoms with E-state index in [-0.39, 0.29) is 11.8 Å². The zero-order valence-corrected chi connectivity index (χ0v) is 22.8. The molecule has 36 heavy (non-hydrogen) atoms.